The van der Waals surface area contributed by atoms with Crippen LogP contribution in [0.1, 0.15) is 29.4 Å². The number of rotatable bonds is 10. The van der Waals surface area contributed by atoms with Gasteiger partial charge in [0.15, 0.2) is 34.9 Å². The molecule has 7 aromatic carbocycles. The van der Waals surface area contributed by atoms with E-state index >= 15 is 0 Å². The van der Waals surface area contributed by atoms with Crippen molar-refractivity contribution in [3.8, 4) is 79.2 Å². The molecule has 10 rings (SSSR count). The summed E-state index contributed by atoms with van der Waals surface area (Å²) in [6.45, 7) is 16.3. The van der Waals surface area contributed by atoms with Crippen LogP contribution in [0.25, 0.3) is 105 Å². The first-order chi connectivity index (χ1) is 31.7. The number of hydrogen-bond donors (Lipinski definition) is 0. The average molecular weight is 857 g/mol. The molecule has 65 heavy (non-hydrogen) atoms. The molecule has 0 saturated heterocycles. The molecule has 0 unspecified atom stereocenters. The van der Waals surface area contributed by atoms with Crippen LogP contribution in [0.5, 0.6) is 0 Å². The predicted octanol–water partition coefficient (Wildman–Crippen LogP) is 15.2. The van der Waals surface area contributed by atoms with Gasteiger partial charge in [-0.2, -0.15) is 0 Å². The highest BCUT2D eigenvalue weighted by Gasteiger charge is 2.18. The van der Waals surface area contributed by atoms with Crippen LogP contribution in [0.2, 0.25) is 0 Å². The quantitative estimate of drug-likeness (QED) is 0.128. The van der Waals surface area contributed by atoms with Crippen molar-refractivity contribution in [2.24, 2.45) is 0 Å². The van der Waals surface area contributed by atoms with Gasteiger partial charge in [-0.3, -0.25) is 0 Å². The van der Waals surface area contributed by atoms with Gasteiger partial charge < -0.3 is 0 Å². The standard InChI is InChI=1S/C58H44N6S/c1-7-35(3)45(8-2)55-59-53(60-56(63-55)46-24-12-9-17-36(46)4)43-22-15-20-39(31-43)41-27-29-51-49(33-41)50-34-42(28-30-52(50)65-51)40-21-16-23-44(32-40)54-61-57(47-25-13-10-18-37(47)5)64-58(62-54)48-26-14-11-19-38(48)6/h7-34H,1-2H2,3-6H3/b45-35+. The fourth-order valence-corrected chi connectivity index (χ4v) is 9.38. The second-order valence-electron chi connectivity index (χ2n) is 16.2. The van der Waals surface area contributed by atoms with E-state index in [0.717, 1.165) is 77.9 Å². The van der Waals surface area contributed by atoms with Crippen LogP contribution >= 0.6 is 11.3 Å². The fourth-order valence-electron chi connectivity index (χ4n) is 8.31. The fraction of sp³-hybridized carbons (Fsp3) is 0.0690. The normalized spacial score (nSPS) is 11.8. The van der Waals surface area contributed by atoms with Gasteiger partial charge in [-0.25, -0.2) is 29.9 Å². The Labute approximate surface area is 383 Å². The van der Waals surface area contributed by atoms with Crippen molar-refractivity contribution in [1.29, 1.82) is 0 Å². The van der Waals surface area contributed by atoms with Crippen molar-refractivity contribution in [3.63, 3.8) is 0 Å². The maximum Gasteiger partial charge on any atom is 0.164 e. The minimum absolute atomic E-state index is 0.561. The molecule has 3 heterocycles. The first-order valence-corrected chi connectivity index (χ1v) is 22.4. The van der Waals surface area contributed by atoms with Crippen LogP contribution in [0, 0.1) is 20.8 Å². The zero-order chi connectivity index (χ0) is 44.6. The largest absolute Gasteiger partial charge is 0.208 e. The third-order valence-corrected chi connectivity index (χ3v) is 13.1. The third-order valence-electron chi connectivity index (χ3n) is 12.0. The number of aryl methyl sites for hydroxylation is 3. The molecule has 0 aliphatic rings. The third kappa shape index (κ3) is 7.99. The van der Waals surface area contributed by atoms with Crippen molar-refractivity contribution in [1.82, 2.24) is 29.9 Å². The summed E-state index contributed by atoms with van der Waals surface area (Å²) in [5, 5.41) is 2.42. The highest BCUT2D eigenvalue weighted by atomic mass is 32.1. The maximum absolute atomic E-state index is 5.08. The summed E-state index contributed by atoms with van der Waals surface area (Å²) in [7, 11) is 0. The summed E-state index contributed by atoms with van der Waals surface area (Å²) in [5.74, 6) is 3.72. The molecule has 0 aliphatic carbocycles. The molecule has 0 bridgehead atoms. The number of hydrogen-bond acceptors (Lipinski definition) is 7. The highest BCUT2D eigenvalue weighted by Crippen LogP contribution is 2.40. The smallest absolute Gasteiger partial charge is 0.164 e. The van der Waals surface area contributed by atoms with Gasteiger partial charge in [-0.15, -0.1) is 11.3 Å². The van der Waals surface area contributed by atoms with E-state index in [4.69, 9.17) is 29.9 Å². The molecule has 0 amide bonds. The van der Waals surface area contributed by atoms with Gasteiger partial charge in [0.1, 0.15) is 0 Å². The van der Waals surface area contributed by atoms with E-state index in [0.29, 0.717) is 34.9 Å². The van der Waals surface area contributed by atoms with E-state index in [1.165, 1.54) is 20.2 Å². The van der Waals surface area contributed by atoms with E-state index in [2.05, 4.69) is 155 Å². The van der Waals surface area contributed by atoms with Gasteiger partial charge >= 0.3 is 0 Å². The van der Waals surface area contributed by atoms with E-state index in [1.54, 1.807) is 12.2 Å². The number of benzene rings is 7. The molecular formula is C58H44N6S. The second-order valence-corrected chi connectivity index (χ2v) is 17.3. The molecule has 0 saturated carbocycles. The van der Waals surface area contributed by atoms with Crippen LogP contribution in [-0.4, -0.2) is 29.9 Å². The van der Waals surface area contributed by atoms with Gasteiger partial charge in [0.25, 0.3) is 0 Å². The minimum atomic E-state index is 0.561. The Hall–Kier alpha value is -8.00. The summed E-state index contributed by atoms with van der Waals surface area (Å²) in [5.41, 5.74) is 14.2. The maximum atomic E-state index is 5.08. The van der Waals surface area contributed by atoms with Gasteiger partial charge in [-0.1, -0.05) is 147 Å². The highest BCUT2D eigenvalue weighted by molar-refractivity contribution is 7.25. The van der Waals surface area contributed by atoms with Crippen LogP contribution < -0.4 is 0 Å². The Bertz CT molecular complexity index is 3480. The van der Waals surface area contributed by atoms with E-state index in [9.17, 15) is 0 Å². The summed E-state index contributed by atoms with van der Waals surface area (Å²) >= 11 is 1.81. The summed E-state index contributed by atoms with van der Waals surface area (Å²) in [6.07, 6.45) is 3.59. The molecule has 0 spiro atoms. The lowest BCUT2D eigenvalue weighted by molar-refractivity contribution is 1.03. The molecular weight excluding hydrogens is 813 g/mol. The molecule has 10 aromatic rings. The topological polar surface area (TPSA) is 77.3 Å². The molecule has 0 radical (unpaired) electrons. The Morgan fingerprint density at radius 1 is 0.400 bits per heavy atom. The van der Waals surface area contributed by atoms with E-state index in [-0.39, 0.29) is 0 Å². The van der Waals surface area contributed by atoms with Crippen LogP contribution in [-0.2, 0) is 0 Å². The number of aromatic nitrogens is 6. The van der Waals surface area contributed by atoms with Gasteiger partial charge in [0, 0.05) is 53.6 Å². The summed E-state index contributed by atoms with van der Waals surface area (Å²) in [4.78, 5) is 30.2. The number of nitrogens with zero attached hydrogens (tertiary/aromatic N) is 6. The Balaban J connectivity index is 1.04. The summed E-state index contributed by atoms with van der Waals surface area (Å²) in [6, 6.07) is 55.1. The van der Waals surface area contributed by atoms with E-state index < -0.39 is 0 Å². The van der Waals surface area contributed by atoms with Crippen molar-refractivity contribution >= 4 is 37.1 Å². The van der Waals surface area contributed by atoms with Crippen molar-refractivity contribution < 1.29 is 0 Å². The van der Waals surface area contributed by atoms with Crippen molar-refractivity contribution in [2.75, 3.05) is 0 Å². The number of allylic oxidation sites excluding steroid dienone is 4. The lowest BCUT2D eigenvalue weighted by Gasteiger charge is -2.12. The van der Waals surface area contributed by atoms with Gasteiger partial charge in [0.05, 0.1) is 0 Å². The first kappa shape index (κ1) is 41.0. The molecule has 7 heteroatoms. The molecule has 0 atom stereocenters. The zero-order valence-electron chi connectivity index (χ0n) is 36.7. The van der Waals surface area contributed by atoms with Gasteiger partial charge in [-0.05, 0) is 109 Å². The van der Waals surface area contributed by atoms with Crippen LogP contribution in [0.4, 0.5) is 0 Å². The summed E-state index contributed by atoms with van der Waals surface area (Å²) < 4.78 is 2.46. The monoisotopic (exact) mass is 856 g/mol. The Morgan fingerprint density at radius 3 is 1.23 bits per heavy atom. The molecule has 0 N–H and O–H groups in total. The molecule has 3 aromatic heterocycles. The number of fused-ring (bicyclic) bond motifs is 3. The Kier molecular flexibility index (Phi) is 10.9. The predicted molar refractivity (Wildman–Crippen MR) is 271 cm³/mol. The molecule has 6 nitrogen and oxygen atoms in total. The SMILES string of the molecule is C=C/C(C)=C(\C=C)c1nc(-c2cccc(-c3ccc4sc5ccc(-c6cccc(-c7nc(-c8ccccc8C)nc(-c8ccccc8C)n7)c6)cc5c4c3)c2)nc(-c2ccccc2C)n1. The van der Waals surface area contributed by atoms with E-state index in [1.807, 2.05) is 54.7 Å². The molecule has 0 aliphatic heterocycles. The van der Waals surface area contributed by atoms with Crippen molar-refractivity contribution in [3.05, 3.63) is 211 Å². The van der Waals surface area contributed by atoms with Gasteiger partial charge in [0.2, 0.25) is 0 Å². The molecule has 312 valence electrons. The van der Waals surface area contributed by atoms with Crippen molar-refractivity contribution in [2.45, 2.75) is 27.7 Å². The lowest BCUT2D eigenvalue weighted by Crippen LogP contribution is -2.03. The first-order valence-electron chi connectivity index (χ1n) is 21.6. The van der Waals surface area contributed by atoms with Crippen LogP contribution in [0.15, 0.2) is 189 Å². The minimum Gasteiger partial charge on any atom is -0.208 e. The second kappa shape index (κ2) is 17.3. The zero-order valence-corrected chi connectivity index (χ0v) is 37.5. The lowest BCUT2D eigenvalue weighted by atomic mass is 9.98. The number of thiophene rings is 1. The Morgan fingerprint density at radius 2 is 0.785 bits per heavy atom. The molecule has 0 fully saturated rings. The van der Waals surface area contributed by atoms with Crippen LogP contribution in [0.3, 0.4) is 0 Å². The average Bonchev–Trinajstić information content (AvgIpc) is 3.72.